The summed E-state index contributed by atoms with van der Waals surface area (Å²) in [6, 6.07) is 0. The van der Waals surface area contributed by atoms with Crippen LogP contribution in [0.15, 0.2) is 4.79 Å². The van der Waals surface area contributed by atoms with Gasteiger partial charge in [-0.25, -0.2) is 4.98 Å². The maximum atomic E-state index is 11.6. The molecular formula is C11H18N4O. The molecule has 1 aromatic rings. The molecule has 88 valence electrons. The van der Waals surface area contributed by atoms with E-state index in [0.29, 0.717) is 11.7 Å². The number of aromatic amines is 1. The van der Waals surface area contributed by atoms with Crippen molar-refractivity contribution in [3.8, 4) is 0 Å². The third-order valence-corrected chi connectivity index (χ3v) is 3.20. The van der Waals surface area contributed by atoms with E-state index in [1.807, 2.05) is 0 Å². The van der Waals surface area contributed by atoms with E-state index in [-0.39, 0.29) is 11.2 Å². The maximum Gasteiger partial charge on any atom is 0.276 e. The van der Waals surface area contributed by atoms with Crippen molar-refractivity contribution in [2.24, 2.45) is 0 Å². The molecule has 1 aromatic heterocycles. The summed E-state index contributed by atoms with van der Waals surface area (Å²) in [5.41, 5.74) is 5.56. The largest absolute Gasteiger partial charge is 0.391 e. The minimum atomic E-state index is -0.236. The molecule has 0 amide bonds. The van der Waals surface area contributed by atoms with Gasteiger partial charge < -0.3 is 16.0 Å². The lowest BCUT2D eigenvalue weighted by Crippen LogP contribution is -2.21. The first kappa shape index (κ1) is 11.0. The molecule has 0 aliphatic heterocycles. The number of rotatable bonds is 2. The molecule has 0 radical (unpaired) electrons. The van der Waals surface area contributed by atoms with Crippen LogP contribution in [-0.2, 0) is 0 Å². The molecule has 0 bridgehead atoms. The Bertz CT molecular complexity index is 420. The Labute approximate surface area is 94.5 Å². The average Bonchev–Trinajstić information content (AvgIpc) is 2.33. The molecule has 1 aliphatic carbocycles. The van der Waals surface area contributed by atoms with Crippen LogP contribution in [0.25, 0.3) is 0 Å². The first-order chi connectivity index (χ1) is 7.72. The minimum absolute atomic E-state index is 0.169. The van der Waals surface area contributed by atoms with E-state index in [1.165, 1.54) is 19.3 Å². The highest BCUT2D eigenvalue weighted by Crippen LogP contribution is 2.30. The number of hydrogen-bond donors (Lipinski definition) is 3. The summed E-state index contributed by atoms with van der Waals surface area (Å²) in [5.74, 6) is 1.65. The number of nitrogen functional groups attached to an aromatic ring is 1. The second kappa shape index (κ2) is 4.55. The highest BCUT2D eigenvalue weighted by atomic mass is 16.1. The monoisotopic (exact) mass is 222 g/mol. The summed E-state index contributed by atoms with van der Waals surface area (Å²) in [5, 5.41) is 2.86. The van der Waals surface area contributed by atoms with Crippen LogP contribution in [0.3, 0.4) is 0 Å². The van der Waals surface area contributed by atoms with E-state index in [9.17, 15) is 4.79 Å². The molecule has 0 spiro atoms. The van der Waals surface area contributed by atoms with Crippen molar-refractivity contribution < 1.29 is 0 Å². The predicted molar refractivity (Wildman–Crippen MR) is 64.6 cm³/mol. The number of nitrogens with one attached hydrogen (secondary N) is 2. The zero-order valence-corrected chi connectivity index (χ0v) is 9.55. The third-order valence-electron chi connectivity index (χ3n) is 3.20. The van der Waals surface area contributed by atoms with Crippen LogP contribution in [0.4, 0.5) is 11.5 Å². The van der Waals surface area contributed by atoms with Crippen molar-refractivity contribution in [1.82, 2.24) is 9.97 Å². The van der Waals surface area contributed by atoms with Crippen LogP contribution < -0.4 is 16.6 Å². The van der Waals surface area contributed by atoms with Gasteiger partial charge in [0.15, 0.2) is 5.82 Å². The van der Waals surface area contributed by atoms with Gasteiger partial charge in [0.2, 0.25) is 0 Å². The van der Waals surface area contributed by atoms with Gasteiger partial charge in [0.25, 0.3) is 5.56 Å². The van der Waals surface area contributed by atoms with Crippen LogP contribution >= 0.6 is 0 Å². The van der Waals surface area contributed by atoms with Gasteiger partial charge in [0, 0.05) is 13.0 Å². The van der Waals surface area contributed by atoms with Crippen molar-refractivity contribution in [3.05, 3.63) is 16.2 Å². The van der Waals surface area contributed by atoms with Crippen LogP contribution in [0.1, 0.15) is 43.8 Å². The van der Waals surface area contributed by atoms with Crippen molar-refractivity contribution >= 4 is 11.5 Å². The van der Waals surface area contributed by atoms with Gasteiger partial charge in [-0.1, -0.05) is 19.3 Å². The fourth-order valence-electron chi connectivity index (χ4n) is 2.26. The normalized spacial score (nSPS) is 17.3. The van der Waals surface area contributed by atoms with Crippen molar-refractivity contribution in [1.29, 1.82) is 0 Å². The predicted octanol–water partition coefficient (Wildman–Crippen LogP) is 1.44. The van der Waals surface area contributed by atoms with Crippen molar-refractivity contribution in [2.75, 3.05) is 18.1 Å². The zero-order valence-electron chi connectivity index (χ0n) is 9.55. The fraction of sp³-hybridized carbons (Fsp3) is 0.636. The zero-order chi connectivity index (χ0) is 11.5. The van der Waals surface area contributed by atoms with Gasteiger partial charge in [0.05, 0.1) is 0 Å². The van der Waals surface area contributed by atoms with Crippen LogP contribution in [0.2, 0.25) is 0 Å². The Kier molecular flexibility index (Phi) is 3.12. The molecule has 0 atom stereocenters. The van der Waals surface area contributed by atoms with Gasteiger partial charge in [-0.3, -0.25) is 4.79 Å². The summed E-state index contributed by atoms with van der Waals surface area (Å²) in [6.07, 6.45) is 5.93. The summed E-state index contributed by atoms with van der Waals surface area (Å²) in [4.78, 5) is 18.8. The summed E-state index contributed by atoms with van der Waals surface area (Å²) in [7, 11) is 1.72. The molecule has 0 saturated heterocycles. The van der Waals surface area contributed by atoms with Crippen molar-refractivity contribution in [2.45, 2.75) is 38.0 Å². The lowest BCUT2D eigenvalue weighted by Gasteiger charge is -2.21. The number of H-pyrrole nitrogens is 1. The number of nitrogens with two attached hydrogens (primary N) is 1. The first-order valence-corrected chi connectivity index (χ1v) is 5.80. The molecule has 16 heavy (non-hydrogen) atoms. The number of aromatic nitrogens is 2. The summed E-state index contributed by atoms with van der Waals surface area (Å²) in [6.45, 7) is 0. The second-order valence-electron chi connectivity index (χ2n) is 4.30. The molecule has 1 saturated carbocycles. The Morgan fingerprint density at radius 3 is 2.69 bits per heavy atom. The minimum Gasteiger partial charge on any atom is -0.391 e. The first-order valence-electron chi connectivity index (χ1n) is 5.80. The smallest absolute Gasteiger partial charge is 0.276 e. The van der Waals surface area contributed by atoms with E-state index in [1.54, 1.807) is 7.05 Å². The Morgan fingerprint density at radius 1 is 1.38 bits per heavy atom. The van der Waals surface area contributed by atoms with Gasteiger partial charge in [0.1, 0.15) is 11.5 Å². The molecule has 0 aromatic carbocycles. The maximum absolute atomic E-state index is 11.6. The number of anilines is 2. The third kappa shape index (κ3) is 2.03. The molecule has 4 N–H and O–H groups in total. The van der Waals surface area contributed by atoms with E-state index >= 15 is 0 Å². The number of hydrogen-bond acceptors (Lipinski definition) is 4. The molecule has 5 heteroatoms. The molecule has 2 rings (SSSR count). The second-order valence-corrected chi connectivity index (χ2v) is 4.30. The molecular weight excluding hydrogens is 204 g/mol. The fourth-order valence-corrected chi connectivity index (χ4v) is 2.26. The standard InChI is InChI=1S/C11H18N4O/c1-13-10-8(12)11(16)15-9(14-10)7-5-3-2-4-6-7/h7H,2-6,12H2,1H3,(H2,13,14,15,16). The topological polar surface area (TPSA) is 83.8 Å². The van der Waals surface area contributed by atoms with Crippen LogP contribution in [-0.4, -0.2) is 17.0 Å². The summed E-state index contributed by atoms with van der Waals surface area (Å²) >= 11 is 0. The van der Waals surface area contributed by atoms with Crippen LogP contribution in [0.5, 0.6) is 0 Å². The van der Waals surface area contributed by atoms with Gasteiger partial charge >= 0.3 is 0 Å². The molecule has 5 nitrogen and oxygen atoms in total. The highest BCUT2D eigenvalue weighted by Gasteiger charge is 2.19. The number of nitrogens with zero attached hydrogens (tertiary/aromatic N) is 1. The lowest BCUT2D eigenvalue weighted by atomic mass is 9.89. The lowest BCUT2D eigenvalue weighted by molar-refractivity contribution is 0.428. The van der Waals surface area contributed by atoms with Crippen LogP contribution in [0, 0.1) is 0 Å². The SMILES string of the molecule is CNc1nc(C2CCCCC2)[nH]c(=O)c1N. The van der Waals surface area contributed by atoms with Crippen molar-refractivity contribution in [3.63, 3.8) is 0 Å². The highest BCUT2D eigenvalue weighted by molar-refractivity contribution is 5.59. The average molecular weight is 222 g/mol. The summed E-state index contributed by atoms with van der Waals surface area (Å²) < 4.78 is 0. The molecule has 1 aliphatic rings. The van der Waals surface area contributed by atoms with E-state index in [2.05, 4.69) is 15.3 Å². The van der Waals surface area contributed by atoms with Gasteiger partial charge in [-0.05, 0) is 12.8 Å². The van der Waals surface area contributed by atoms with Gasteiger partial charge in [-0.2, -0.15) is 0 Å². The molecule has 0 unspecified atom stereocenters. The Morgan fingerprint density at radius 2 is 2.06 bits per heavy atom. The molecule has 1 fully saturated rings. The van der Waals surface area contributed by atoms with Gasteiger partial charge in [-0.15, -0.1) is 0 Å². The molecule has 1 heterocycles. The van der Waals surface area contributed by atoms with E-state index in [4.69, 9.17) is 5.73 Å². The van der Waals surface area contributed by atoms with E-state index < -0.39 is 0 Å². The van der Waals surface area contributed by atoms with E-state index in [0.717, 1.165) is 18.7 Å². The Balaban J connectivity index is 2.33. The quantitative estimate of drug-likeness (QED) is 0.707. The Hall–Kier alpha value is -1.52.